The van der Waals surface area contributed by atoms with E-state index in [1.807, 2.05) is 6.92 Å². The fourth-order valence-electron chi connectivity index (χ4n) is 1.85. The topological polar surface area (TPSA) is 25.8 Å². The Kier molecular flexibility index (Phi) is 4.72. The Hall–Kier alpha value is -1.19. The minimum atomic E-state index is -0.337. The van der Waals surface area contributed by atoms with E-state index in [9.17, 15) is 4.39 Å². The highest BCUT2D eigenvalue weighted by molar-refractivity contribution is 6.31. The zero-order valence-electron chi connectivity index (χ0n) is 10.5. The maximum Gasteiger partial charge on any atom is 0.133 e. The lowest BCUT2D eigenvalue weighted by Crippen LogP contribution is -2.04. The second-order valence-electron chi connectivity index (χ2n) is 4.12. The van der Waals surface area contributed by atoms with E-state index >= 15 is 0 Å². The Morgan fingerprint density at radius 2 is 2.11 bits per heavy atom. The number of aromatic nitrogens is 2. The number of hydrogen-bond acceptors (Lipinski definition) is 2. The quantitative estimate of drug-likeness (QED) is 0.792. The minimum absolute atomic E-state index is 0.279. The van der Waals surface area contributed by atoms with Crippen LogP contribution in [0.2, 0.25) is 5.02 Å². The van der Waals surface area contributed by atoms with Crippen LogP contribution in [0.5, 0.6) is 0 Å². The molecule has 0 aliphatic rings. The Bertz CT molecular complexity index is 567. The summed E-state index contributed by atoms with van der Waals surface area (Å²) < 4.78 is 13.7. The summed E-state index contributed by atoms with van der Waals surface area (Å²) in [6.45, 7) is 2.00. The first-order valence-electron chi connectivity index (χ1n) is 5.98. The molecule has 1 heterocycles. The summed E-state index contributed by atoms with van der Waals surface area (Å²) in [5.41, 5.74) is 2.23. The Morgan fingerprint density at radius 3 is 2.74 bits per heavy atom. The van der Waals surface area contributed by atoms with Crippen molar-refractivity contribution in [2.24, 2.45) is 0 Å². The lowest BCUT2D eigenvalue weighted by Gasteiger charge is -2.08. The third-order valence-corrected chi connectivity index (χ3v) is 3.52. The highest BCUT2D eigenvalue weighted by atomic mass is 35.5. The van der Waals surface area contributed by atoms with E-state index < -0.39 is 0 Å². The van der Waals surface area contributed by atoms with Gasteiger partial charge in [-0.1, -0.05) is 24.6 Å². The Morgan fingerprint density at radius 1 is 1.32 bits per heavy atom. The van der Waals surface area contributed by atoms with Crippen molar-refractivity contribution in [2.75, 3.05) is 0 Å². The monoisotopic (exact) mass is 298 g/mol. The van der Waals surface area contributed by atoms with E-state index in [2.05, 4.69) is 9.97 Å². The smallest absolute Gasteiger partial charge is 0.133 e. The molecule has 0 unspecified atom stereocenters. The van der Waals surface area contributed by atoms with Gasteiger partial charge in [0.05, 0.1) is 5.88 Å². The van der Waals surface area contributed by atoms with Crippen LogP contribution in [0.1, 0.15) is 29.6 Å². The number of benzene rings is 1. The van der Waals surface area contributed by atoms with Crippen LogP contribution in [0.25, 0.3) is 0 Å². The van der Waals surface area contributed by atoms with Gasteiger partial charge in [-0.3, -0.25) is 0 Å². The van der Waals surface area contributed by atoms with Gasteiger partial charge < -0.3 is 0 Å². The Labute approximate surface area is 121 Å². The maximum absolute atomic E-state index is 13.7. The number of rotatable bonds is 4. The zero-order valence-corrected chi connectivity index (χ0v) is 12.0. The first-order chi connectivity index (χ1) is 9.15. The average molecular weight is 299 g/mol. The second kappa shape index (κ2) is 6.31. The predicted molar refractivity (Wildman–Crippen MR) is 75.2 cm³/mol. The number of aryl methyl sites for hydroxylation is 1. The SMILES string of the molecule is CCc1nc(Cc2c(F)cccc2Cl)ncc1CCl. The van der Waals surface area contributed by atoms with Crippen molar-refractivity contribution < 1.29 is 4.39 Å². The molecule has 0 amide bonds. The molecule has 0 fully saturated rings. The fourth-order valence-corrected chi connectivity index (χ4v) is 2.30. The van der Waals surface area contributed by atoms with Gasteiger partial charge in [0, 0.05) is 34.5 Å². The molecular formula is C14H13Cl2FN2. The molecule has 0 aliphatic carbocycles. The summed E-state index contributed by atoms with van der Waals surface area (Å²) in [7, 11) is 0. The first kappa shape index (κ1) is 14.2. The molecule has 1 aromatic carbocycles. The van der Waals surface area contributed by atoms with Crippen molar-refractivity contribution in [3.8, 4) is 0 Å². The summed E-state index contributed by atoms with van der Waals surface area (Å²) in [6.07, 6.45) is 2.74. The molecule has 0 saturated carbocycles. The van der Waals surface area contributed by atoms with Gasteiger partial charge in [-0.05, 0) is 18.6 Å². The zero-order chi connectivity index (χ0) is 13.8. The highest BCUT2D eigenvalue weighted by Crippen LogP contribution is 2.21. The van der Waals surface area contributed by atoms with Gasteiger partial charge in [-0.15, -0.1) is 11.6 Å². The third-order valence-electron chi connectivity index (χ3n) is 2.88. The molecule has 100 valence electrons. The van der Waals surface area contributed by atoms with Gasteiger partial charge in [-0.25, -0.2) is 14.4 Å². The van der Waals surface area contributed by atoms with Crippen LogP contribution in [-0.2, 0) is 18.7 Å². The van der Waals surface area contributed by atoms with E-state index in [-0.39, 0.29) is 12.2 Å². The standard InChI is InChI=1S/C14H13Cl2FN2/c1-2-13-9(7-15)8-18-14(19-13)6-10-11(16)4-3-5-12(10)17/h3-5,8H,2,6-7H2,1H3. The molecule has 19 heavy (non-hydrogen) atoms. The number of halogens is 3. The molecule has 0 radical (unpaired) electrons. The van der Waals surface area contributed by atoms with Gasteiger partial charge in [0.25, 0.3) is 0 Å². The molecule has 0 atom stereocenters. The van der Waals surface area contributed by atoms with Gasteiger partial charge in [0.1, 0.15) is 11.6 Å². The van der Waals surface area contributed by atoms with Crippen LogP contribution in [-0.4, -0.2) is 9.97 Å². The van der Waals surface area contributed by atoms with E-state index in [1.165, 1.54) is 6.07 Å². The molecule has 0 spiro atoms. The molecule has 5 heteroatoms. The van der Waals surface area contributed by atoms with Gasteiger partial charge in [0.2, 0.25) is 0 Å². The lowest BCUT2D eigenvalue weighted by molar-refractivity contribution is 0.612. The van der Waals surface area contributed by atoms with Gasteiger partial charge >= 0.3 is 0 Å². The average Bonchev–Trinajstić information content (AvgIpc) is 2.42. The van der Waals surface area contributed by atoms with Crippen molar-refractivity contribution >= 4 is 23.2 Å². The summed E-state index contributed by atoms with van der Waals surface area (Å²) in [5.74, 6) is 0.595. The molecule has 0 saturated heterocycles. The fraction of sp³-hybridized carbons (Fsp3) is 0.286. The molecule has 1 aromatic heterocycles. The number of hydrogen-bond donors (Lipinski definition) is 0. The third kappa shape index (κ3) is 3.23. The maximum atomic E-state index is 13.7. The minimum Gasteiger partial charge on any atom is -0.241 e. The molecule has 2 rings (SSSR count). The molecule has 2 aromatic rings. The summed E-state index contributed by atoms with van der Waals surface area (Å²) in [5, 5.41) is 0.392. The van der Waals surface area contributed by atoms with Gasteiger partial charge in [-0.2, -0.15) is 0 Å². The largest absolute Gasteiger partial charge is 0.241 e. The highest BCUT2D eigenvalue weighted by Gasteiger charge is 2.11. The van der Waals surface area contributed by atoms with Crippen molar-refractivity contribution in [3.63, 3.8) is 0 Å². The van der Waals surface area contributed by atoms with Crippen LogP contribution in [0.4, 0.5) is 4.39 Å². The summed E-state index contributed by atoms with van der Waals surface area (Å²) in [6, 6.07) is 4.62. The second-order valence-corrected chi connectivity index (χ2v) is 4.80. The van der Waals surface area contributed by atoms with E-state index in [4.69, 9.17) is 23.2 Å². The number of alkyl halides is 1. The van der Waals surface area contributed by atoms with E-state index in [1.54, 1.807) is 18.3 Å². The van der Waals surface area contributed by atoms with Crippen LogP contribution in [0.15, 0.2) is 24.4 Å². The van der Waals surface area contributed by atoms with Crippen molar-refractivity contribution in [3.05, 3.63) is 57.9 Å². The van der Waals surface area contributed by atoms with Crippen LogP contribution < -0.4 is 0 Å². The Balaban J connectivity index is 2.33. The molecule has 0 aliphatic heterocycles. The lowest BCUT2D eigenvalue weighted by atomic mass is 10.1. The molecule has 2 nitrogen and oxygen atoms in total. The van der Waals surface area contributed by atoms with Crippen molar-refractivity contribution in [1.82, 2.24) is 9.97 Å². The van der Waals surface area contributed by atoms with Crippen LogP contribution in [0.3, 0.4) is 0 Å². The van der Waals surface area contributed by atoms with Gasteiger partial charge in [0.15, 0.2) is 0 Å². The van der Waals surface area contributed by atoms with Crippen molar-refractivity contribution in [2.45, 2.75) is 25.6 Å². The number of nitrogens with zero attached hydrogens (tertiary/aromatic N) is 2. The predicted octanol–water partition coefficient (Wildman–Crippen LogP) is 4.16. The van der Waals surface area contributed by atoms with E-state index in [0.717, 1.165) is 17.7 Å². The molecule has 0 bridgehead atoms. The normalized spacial score (nSPS) is 10.7. The molecular weight excluding hydrogens is 286 g/mol. The van der Waals surface area contributed by atoms with Crippen LogP contribution in [0, 0.1) is 5.82 Å². The van der Waals surface area contributed by atoms with Crippen molar-refractivity contribution in [1.29, 1.82) is 0 Å². The summed E-state index contributed by atoms with van der Waals surface area (Å²) in [4.78, 5) is 8.63. The van der Waals surface area contributed by atoms with Crippen LogP contribution >= 0.6 is 23.2 Å². The first-order valence-corrected chi connectivity index (χ1v) is 6.89. The van der Waals surface area contributed by atoms with E-state index in [0.29, 0.717) is 22.3 Å². The summed E-state index contributed by atoms with van der Waals surface area (Å²) >= 11 is 11.8. The molecule has 0 N–H and O–H groups in total.